The Morgan fingerprint density at radius 2 is 1.70 bits per heavy atom. The SMILES string of the molecule is COC1=C(OC)[C@@]2(C#Cc3cc(OC)c(OC)cc3Br)N(C)CC[C@]23[C@@H]2C=C[C@@H]([C@H]2[Si](C)(C)C)[C@@H]3C1=O. The fourth-order valence-corrected chi connectivity index (χ4v) is 11.4. The van der Waals surface area contributed by atoms with Gasteiger partial charge in [-0.3, -0.25) is 9.69 Å². The first-order valence-electron chi connectivity index (χ1n) is 12.7. The van der Waals surface area contributed by atoms with Gasteiger partial charge in [-0.05, 0) is 52.8 Å². The summed E-state index contributed by atoms with van der Waals surface area (Å²) in [5, 5.41) is 0. The second-order valence-electron chi connectivity index (χ2n) is 11.6. The van der Waals surface area contributed by atoms with Gasteiger partial charge in [-0.15, -0.1) is 0 Å². The summed E-state index contributed by atoms with van der Waals surface area (Å²) in [6.45, 7) is 8.11. The number of rotatable bonds is 5. The van der Waals surface area contributed by atoms with Crippen LogP contribution in [0.5, 0.6) is 11.5 Å². The van der Waals surface area contributed by atoms with Crippen LogP contribution in [-0.4, -0.2) is 66.3 Å². The number of nitrogens with zero attached hydrogens (tertiary/aromatic N) is 1. The fraction of sp³-hybridized carbons (Fsp3) is 0.552. The highest BCUT2D eigenvalue weighted by atomic mass is 79.9. The third-order valence-corrected chi connectivity index (χ3v) is 12.7. The van der Waals surface area contributed by atoms with Crippen LogP contribution in [0.25, 0.3) is 0 Å². The maximum Gasteiger partial charge on any atom is 0.205 e. The highest BCUT2D eigenvalue weighted by Crippen LogP contribution is 2.75. The first-order valence-corrected chi connectivity index (χ1v) is 17.1. The zero-order valence-electron chi connectivity index (χ0n) is 22.9. The molecule has 0 aromatic heterocycles. The molecule has 1 aromatic rings. The summed E-state index contributed by atoms with van der Waals surface area (Å²) in [6.07, 6.45) is 5.59. The average Bonchev–Trinajstić information content (AvgIpc) is 3.51. The van der Waals surface area contributed by atoms with Crippen molar-refractivity contribution in [3.63, 3.8) is 0 Å². The molecule has 1 aromatic carbocycles. The molecule has 1 heterocycles. The summed E-state index contributed by atoms with van der Waals surface area (Å²) in [6, 6.07) is 3.76. The minimum absolute atomic E-state index is 0.0690. The van der Waals surface area contributed by atoms with Gasteiger partial charge in [0.05, 0.1) is 28.4 Å². The van der Waals surface area contributed by atoms with Gasteiger partial charge in [0.25, 0.3) is 0 Å². The molecule has 2 fully saturated rings. The van der Waals surface area contributed by atoms with Gasteiger partial charge in [-0.1, -0.05) is 43.6 Å². The van der Waals surface area contributed by atoms with Gasteiger partial charge in [-0.25, -0.2) is 0 Å². The van der Waals surface area contributed by atoms with E-state index in [4.69, 9.17) is 18.9 Å². The van der Waals surface area contributed by atoms with Crippen molar-refractivity contribution in [2.24, 2.45) is 23.2 Å². The standard InChI is InChI=1S/C29H36BrNO5Si/c1-31-14-13-28-19-10-9-18(26(19)37(6,7)8)23(28)24(32)25(35-4)27(36-5)29(28,31)12-11-17-15-21(33-2)22(34-3)16-20(17)30/h9-10,15-16,18-19,23,26H,13-14H2,1-8H3/t18-,19-,23-,26-,28-,29-/m1/s1. The fourth-order valence-electron chi connectivity index (χ4n) is 8.07. The van der Waals surface area contributed by atoms with E-state index < -0.39 is 13.6 Å². The molecule has 0 unspecified atom stereocenters. The van der Waals surface area contributed by atoms with E-state index >= 15 is 0 Å². The van der Waals surface area contributed by atoms with E-state index in [0.29, 0.717) is 28.6 Å². The first kappa shape index (κ1) is 26.4. The number of halogens is 1. The number of benzene rings is 1. The number of carbonyl (C=O) groups is 1. The third-order valence-electron chi connectivity index (χ3n) is 9.28. The van der Waals surface area contributed by atoms with Gasteiger partial charge in [0.1, 0.15) is 0 Å². The molecular formula is C29H36BrNO5Si. The molecule has 3 aliphatic carbocycles. The monoisotopic (exact) mass is 585 g/mol. The van der Waals surface area contributed by atoms with Gasteiger partial charge < -0.3 is 18.9 Å². The average molecular weight is 587 g/mol. The Labute approximate surface area is 229 Å². The second-order valence-corrected chi connectivity index (χ2v) is 17.9. The number of hydrogen-bond acceptors (Lipinski definition) is 6. The Morgan fingerprint density at radius 3 is 2.30 bits per heavy atom. The van der Waals surface area contributed by atoms with Gasteiger partial charge in [0.15, 0.2) is 22.8 Å². The summed E-state index contributed by atoms with van der Waals surface area (Å²) >= 11 is 3.67. The Balaban J connectivity index is 1.80. The number of Topliss-reactive ketones (excluding diaryl/α,β-unsaturated/α-hetero) is 1. The molecule has 5 rings (SSSR count). The van der Waals surface area contributed by atoms with Crippen LogP contribution in [0.4, 0.5) is 0 Å². The number of ketones is 1. The van der Waals surface area contributed by atoms with E-state index in [-0.39, 0.29) is 29.0 Å². The van der Waals surface area contributed by atoms with Crippen molar-refractivity contribution in [3.05, 3.63) is 45.8 Å². The van der Waals surface area contributed by atoms with E-state index in [0.717, 1.165) is 23.0 Å². The Kier molecular flexibility index (Phi) is 6.37. The zero-order valence-corrected chi connectivity index (χ0v) is 25.5. The molecule has 1 saturated heterocycles. The Hall–Kier alpha value is -2.21. The Bertz CT molecular complexity index is 1270. The third kappa shape index (κ3) is 3.30. The van der Waals surface area contributed by atoms with Crippen LogP contribution in [0.3, 0.4) is 0 Å². The van der Waals surface area contributed by atoms with E-state index in [2.05, 4.69) is 71.5 Å². The Morgan fingerprint density at radius 1 is 1.03 bits per heavy atom. The van der Waals surface area contributed by atoms with Gasteiger partial charge in [-0.2, -0.15) is 0 Å². The molecular weight excluding hydrogens is 550 g/mol. The molecule has 1 spiro atoms. The molecule has 1 saturated carbocycles. The van der Waals surface area contributed by atoms with Crippen LogP contribution < -0.4 is 9.47 Å². The number of likely N-dealkylation sites (tertiary alicyclic amines) is 1. The van der Waals surface area contributed by atoms with Crippen LogP contribution in [0.1, 0.15) is 12.0 Å². The number of ether oxygens (including phenoxy) is 4. The number of hydrogen-bond donors (Lipinski definition) is 0. The number of likely N-dealkylation sites (N-methyl/N-ethyl adjacent to an activating group) is 1. The highest BCUT2D eigenvalue weighted by Gasteiger charge is 2.79. The summed E-state index contributed by atoms with van der Waals surface area (Å²) in [5.41, 5.74) is 0.0643. The van der Waals surface area contributed by atoms with Crippen LogP contribution in [0.15, 0.2) is 40.3 Å². The number of allylic oxidation sites excluding steroid dienone is 3. The van der Waals surface area contributed by atoms with Gasteiger partial charge >= 0.3 is 0 Å². The topological polar surface area (TPSA) is 57.2 Å². The predicted molar refractivity (Wildman–Crippen MR) is 149 cm³/mol. The molecule has 0 amide bonds. The van der Waals surface area contributed by atoms with Crippen molar-refractivity contribution in [3.8, 4) is 23.3 Å². The molecule has 2 bridgehead atoms. The smallest absolute Gasteiger partial charge is 0.205 e. The molecule has 0 radical (unpaired) electrons. The summed E-state index contributed by atoms with van der Waals surface area (Å²) in [7, 11) is 6.91. The van der Waals surface area contributed by atoms with E-state index in [9.17, 15) is 4.79 Å². The quantitative estimate of drug-likeness (QED) is 0.272. The number of carbonyl (C=O) groups excluding carboxylic acids is 1. The molecule has 198 valence electrons. The van der Waals surface area contributed by atoms with Crippen LogP contribution in [-0.2, 0) is 14.3 Å². The minimum atomic E-state index is -1.63. The van der Waals surface area contributed by atoms with Crippen molar-refractivity contribution in [2.75, 3.05) is 42.0 Å². The van der Waals surface area contributed by atoms with Crippen molar-refractivity contribution < 1.29 is 23.7 Å². The minimum Gasteiger partial charge on any atom is -0.494 e. The molecule has 0 N–H and O–H groups in total. The summed E-state index contributed by atoms with van der Waals surface area (Å²) in [4.78, 5) is 16.4. The molecule has 4 aliphatic rings. The second kappa shape index (κ2) is 8.93. The lowest BCUT2D eigenvalue weighted by Gasteiger charge is -2.53. The lowest BCUT2D eigenvalue weighted by atomic mass is 9.53. The van der Waals surface area contributed by atoms with E-state index in [1.165, 1.54) is 0 Å². The van der Waals surface area contributed by atoms with Crippen LogP contribution in [0, 0.1) is 35.0 Å². The zero-order chi connectivity index (χ0) is 26.9. The maximum absolute atomic E-state index is 14.2. The van der Waals surface area contributed by atoms with E-state index in [1.54, 1.807) is 28.4 Å². The van der Waals surface area contributed by atoms with Crippen LogP contribution in [0.2, 0.25) is 25.2 Å². The summed E-state index contributed by atoms with van der Waals surface area (Å²) < 4.78 is 23.8. The lowest BCUT2D eigenvalue weighted by Crippen LogP contribution is -2.63. The first-order chi connectivity index (χ1) is 17.5. The summed E-state index contributed by atoms with van der Waals surface area (Å²) in [5.74, 6) is 9.63. The lowest BCUT2D eigenvalue weighted by molar-refractivity contribution is -0.133. The molecule has 6 atom stereocenters. The number of methoxy groups -OCH3 is 4. The highest BCUT2D eigenvalue weighted by molar-refractivity contribution is 9.10. The molecule has 6 nitrogen and oxygen atoms in total. The van der Waals surface area contributed by atoms with Crippen molar-refractivity contribution in [1.29, 1.82) is 0 Å². The van der Waals surface area contributed by atoms with Crippen molar-refractivity contribution in [1.82, 2.24) is 4.90 Å². The molecule has 37 heavy (non-hydrogen) atoms. The maximum atomic E-state index is 14.2. The van der Waals surface area contributed by atoms with Crippen LogP contribution >= 0.6 is 15.9 Å². The van der Waals surface area contributed by atoms with Gasteiger partial charge in [0, 0.05) is 42.1 Å². The van der Waals surface area contributed by atoms with Crippen molar-refractivity contribution >= 4 is 29.8 Å². The predicted octanol–water partition coefficient (Wildman–Crippen LogP) is 5.11. The molecule has 8 heteroatoms. The van der Waals surface area contributed by atoms with E-state index in [1.807, 2.05) is 12.1 Å². The normalized spacial score (nSPS) is 34.1. The largest absolute Gasteiger partial charge is 0.494 e. The number of fused-ring (bicyclic) bond motifs is 3. The van der Waals surface area contributed by atoms with Gasteiger partial charge in [0.2, 0.25) is 11.5 Å². The van der Waals surface area contributed by atoms with Crippen molar-refractivity contribution in [2.45, 2.75) is 37.1 Å². The molecule has 1 aliphatic heterocycles.